The Kier molecular flexibility index (Phi) is 4.46. The quantitative estimate of drug-likeness (QED) is 0.939. The van der Waals surface area contributed by atoms with Crippen LogP contribution in [0, 0.1) is 6.92 Å². The van der Waals surface area contributed by atoms with Gasteiger partial charge < -0.3 is 10.1 Å². The predicted molar refractivity (Wildman–Crippen MR) is 72.3 cm³/mol. The Balaban J connectivity index is 1.92. The summed E-state index contributed by atoms with van der Waals surface area (Å²) in [5.74, 6) is -0.625. The van der Waals surface area contributed by atoms with E-state index in [1.807, 2.05) is 6.92 Å². The van der Waals surface area contributed by atoms with Crippen LogP contribution in [-0.2, 0) is 11.2 Å². The summed E-state index contributed by atoms with van der Waals surface area (Å²) in [5, 5.41) is 5.23. The van der Waals surface area contributed by atoms with Crippen LogP contribution in [0.25, 0.3) is 0 Å². The fourth-order valence-electron chi connectivity index (χ4n) is 1.60. The van der Waals surface area contributed by atoms with E-state index in [-0.39, 0.29) is 18.1 Å². The van der Waals surface area contributed by atoms with Crippen molar-refractivity contribution in [2.45, 2.75) is 19.7 Å². The van der Waals surface area contributed by atoms with E-state index in [9.17, 15) is 18.0 Å². The smallest absolute Gasteiger partial charge is 0.406 e. The van der Waals surface area contributed by atoms with Crippen molar-refractivity contribution in [2.75, 3.05) is 5.32 Å². The van der Waals surface area contributed by atoms with Crippen LogP contribution in [0.3, 0.4) is 0 Å². The van der Waals surface area contributed by atoms with Crippen LogP contribution in [0.4, 0.5) is 18.9 Å². The lowest BCUT2D eigenvalue weighted by Crippen LogP contribution is -2.17. The van der Waals surface area contributed by atoms with E-state index in [0.717, 1.165) is 17.1 Å². The number of thiazole rings is 1. The molecule has 0 aliphatic heterocycles. The third-order valence-electron chi connectivity index (χ3n) is 2.38. The van der Waals surface area contributed by atoms with Crippen molar-refractivity contribution in [3.8, 4) is 5.75 Å². The van der Waals surface area contributed by atoms with E-state index in [2.05, 4.69) is 15.0 Å². The molecule has 112 valence electrons. The van der Waals surface area contributed by atoms with Gasteiger partial charge in [0, 0.05) is 11.1 Å². The molecule has 1 N–H and O–H groups in total. The van der Waals surface area contributed by atoms with Crippen LogP contribution >= 0.6 is 11.3 Å². The molecule has 1 amide bonds. The summed E-state index contributed by atoms with van der Waals surface area (Å²) in [6, 6.07) is 4.95. The van der Waals surface area contributed by atoms with Gasteiger partial charge in [-0.3, -0.25) is 4.79 Å². The number of anilines is 1. The molecule has 0 saturated heterocycles. The van der Waals surface area contributed by atoms with Gasteiger partial charge in [0.05, 0.1) is 17.1 Å². The number of rotatable bonds is 4. The minimum Gasteiger partial charge on any atom is -0.406 e. The highest BCUT2D eigenvalue weighted by molar-refractivity contribution is 7.09. The number of nitrogens with zero attached hydrogens (tertiary/aromatic N) is 1. The van der Waals surface area contributed by atoms with Gasteiger partial charge in [0.15, 0.2) is 0 Å². The highest BCUT2D eigenvalue weighted by atomic mass is 32.1. The monoisotopic (exact) mass is 316 g/mol. The van der Waals surface area contributed by atoms with Crippen molar-refractivity contribution in [3.05, 3.63) is 40.3 Å². The molecule has 0 bridgehead atoms. The van der Waals surface area contributed by atoms with Crippen LogP contribution in [-0.4, -0.2) is 17.3 Å². The molecule has 0 aliphatic carbocycles. The molecule has 1 aromatic carbocycles. The van der Waals surface area contributed by atoms with Crippen molar-refractivity contribution >= 4 is 22.9 Å². The van der Waals surface area contributed by atoms with Gasteiger partial charge in [-0.1, -0.05) is 0 Å². The van der Waals surface area contributed by atoms with Gasteiger partial charge in [-0.05, 0) is 31.2 Å². The van der Waals surface area contributed by atoms with E-state index in [4.69, 9.17) is 0 Å². The summed E-state index contributed by atoms with van der Waals surface area (Å²) in [6.45, 7) is 1.84. The lowest BCUT2D eigenvalue weighted by atomic mass is 10.2. The third-order valence-corrected chi connectivity index (χ3v) is 3.20. The fraction of sp³-hybridized carbons (Fsp3) is 0.231. The maximum absolute atomic E-state index is 12.0. The molecular formula is C13H11F3N2O2S. The second-order valence-electron chi connectivity index (χ2n) is 4.15. The first-order valence-electron chi connectivity index (χ1n) is 5.88. The van der Waals surface area contributed by atoms with Crippen molar-refractivity contribution in [1.29, 1.82) is 0 Å². The van der Waals surface area contributed by atoms with Crippen LogP contribution < -0.4 is 10.1 Å². The van der Waals surface area contributed by atoms with Gasteiger partial charge in [0.1, 0.15) is 5.75 Å². The lowest BCUT2D eigenvalue weighted by Gasteiger charge is -2.09. The molecule has 0 atom stereocenters. The number of hydrogen-bond acceptors (Lipinski definition) is 4. The summed E-state index contributed by atoms with van der Waals surface area (Å²) in [4.78, 5) is 15.9. The number of ether oxygens (including phenoxy) is 1. The SMILES string of the molecule is Cc1nc(CC(=O)Nc2ccc(OC(F)(F)F)cc2)cs1. The van der Waals surface area contributed by atoms with Gasteiger partial charge in [0.25, 0.3) is 0 Å². The second-order valence-corrected chi connectivity index (χ2v) is 5.22. The van der Waals surface area contributed by atoms with Crippen LogP contribution in [0.1, 0.15) is 10.7 Å². The average molecular weight is 316 g/mol. The Morgan fingerprint density at radius 2 is 2.00 bits per heavy atom. The highest BCUT2D eigenvalue weighted by Gasteiger charge is 2.30. The normalized spacial score (nSPS) is 11.2. The number of benzene rings is 1. The molecular weight excluding hydrogens is 305 g/mol. The standard InChI is InChI=1S/C13H11F3N2O2S/c1-8-17-10(7-21-8)6-12(19)18-9-2-4-11(5-3-9)20-13(14,15)16/h2-5,7H,6H2,1H3,(H,18,19). The number of aromatic nitrogens is 1. The first kappa shape index (κ1) is 15.3. The molecule has 1 aromatic heterocycles. The van der Waals surface area contributed by atoms with Gasteiger partial charge in [-0.15, -0.1) is 24.5 Å². The van der Waals surface area contributed by atoms with Crippen LogP contribution in [0.2, 0.25) is 0 Å². The molecule has 21 heavy (non-hydrogen) atoms. The minimum absolute atomic E-state index is 0.116. The summed E-state index contributed by atoms with van der Waals surface area (Å²) in [6.07, 6.45) is -4.61. The van der Waals surface area contributed by atoms with Crippen molar-refractivity contribution < 1.29 is 22.7 Å². The maximum atomic E-state index is 12.0. The molecule has 0 fully saturated rings. The number of carbonyl (C=O) groups excluding carboxylic acids is 1. The number of halogens is 3. The molecule has 0 radical (unpaired) electrons. The van der Waals surface area contributed by atoms with Crippen LogP contribution in [0.15, 0.2) is 29.6 Å². The van der Waals surface area contributed by atoms with Gasteiger partial charge in [-0.2, -0.15) is 0 Å². The number of aryl methyl sites for hydroxylation is 1. The lowest BCUT2D eigenvalue weighted by molar-refractivity contribution is -0.274. The Morgan fingerprint density at radius 3 is 2.52 bits per heavy atom. The summed E-state index contributed by atoms with van der Waals surface area (Å²) < 4.78 is 39.7. The molecule has 2 rings (SSSR count). The third kappa shape index (κ3) is 5.07. The summed E-state index contributed by atoms with van der Waals surface area (Å²) in [5.41, 5.74) is 1.05. The number of amides is 1. The van der Waals surface area contributed by atoms with Gasteiger partial charge in [0.2, 0.25) is 5.91 Å². The number of nitrogens with one attached hydrogen (secondary N) is 1. The first-order valence-corrected chi connectivity index (χ1v) is 6.76. The zero-order valence-corrected chi connectivity index (χ0v) is 11.7. The largest absolute Gasteiger partial charge is 0.573 e. The summed E-state index contributed by atoms with van der Waals surface area (Å²) in [7, 11) is 0. The molecule has 0 spiro atoms. The highest BCUT2D eigenvalue weighted by Crippen LogP contribution is 2.24. The van der Waals surface area contributed by atoms with Crippen molar-refractivity contribution in [2.24, 2.45) is 0 Å². The Bertz CT molecular complexity index is 623. The zero-order valence-electron chi connectivity index (χ0n) is 10.9. The second kappa shape index (κ2) is 6.13. The van der Waals surface area contributed by atoms with E-state index in [0.29, 0.717) is 11.4 Å². The Labute approximate surface area is 122 Å². The van der Waals surface area contributed by atoms with E-state index in [1.54, 1.807) is 5.38 Å². The molecule has 8 heteroatoms. The number of carbonyl (C=O) groups is 1. The number of hydrogen-bond donors (Lipinski definition) is 1. The fourth-order valence-corrected chi connectivity index (χ4v) is 2.21. The number of alkyl halides is 3. The Morgan fingerprint density at radius 1 is 1.33 bits per heavy atom. The minimum atomic E-state index is -4.73. The molecule has 0 aliphatic rings. The van der Waals surface area contributed by atoms with E-state index in [1.165, 1.54) is 23.5 Å². The molecule has 4 nitrogen and oxygen atoms in total. The first-order chi connectivity index (χ1) is 9.82. The van der Waals surface area contributed by atoms with Crippen molar-refractivity contribution in [3.63, 3.8) is 0 Å². The molecule has 2 aromatic rings. The molecule has 0 saturated carbocycles. The predicted octanol–water partition coefficient (Wildman–Crippen LogP) is 3.53. The molecule has 0 unspecified atom stereocenters. The van der Waals surface area contributed by atoms with Crippen LogP contribution in [0.5, 0.6) is 5.75 Å². The average Bonchev–Trinajstić information content (AvgIpc) is 2.75. The Hall–Kier alpha value is -2.09. The topological polar surface area (TPSA) is 51.2 Å². The molecule has 1 heterocycles. The van der Waals surface area contributed by atoms with E-state index >= 15 is 0 Å². The summed E-state index contributed by atoms with van der Waals surface area (Å²) >= 11 is 1.45. The van der Waals surface area contributed by atoms with E-state index < -0.39 is 6.36 Å². The van der Waals surface area contributed by atoms with Gasteiger partial charge in [-0.25, -0.2) is 4.98 Å². The zero-order chi connectivity index (χ0) is 15.5. The van der Waals surface area contributed by atoms with Gasteiger partial charge >= 0.3 is 6.36 Å². The maximum Gasteiger partial charge on any atom is 0.573 e. The van der Waals surface area contributed by atoms with Crippen molar-refractivity contribution in [1.82, 2.24) is 4.98 Å².